The Hall–Kier alpha value is -1.82. The first kappa shape index (κ1) is 19.9. The van der Waals surface area contributed by atoms with E-state index in [0.717, 1.165) is 25.2 Å². The maximum atomic E-state index is 13.1. The number of hydrogen-bond acceptors (Lipinski definition) is 3. The topological polar surface area (TPSA) is 26.3 Å². The van der Waals surface area contributed by atoms with Gasteiger partial charge < -0.3 is 4.74 Å². The molecule has 136 valence electrons. The number of allylic oxidation sites excluding steroid dienone is 1. The Balaban J connectivity index is 1.96. The van der Waals surface area contributed by atoms with Crippen LogP contribution in [0.3, 0.4) is 0 Å². The number of thioether (sulfide) groups is 1. The number of ketones is 1. The lowest BCUT2D eigenvalue weighted by Crippen LogP contribution is -2.01. The molecule has 3 aromatic rings. The molecule has 0 heterocycles. The zero-order chi connectivity index (χ0) is 19.2. The molecule has 0 aromatic heterocycles. The van der Waals surface area contributed by atoms with Crippen LogP contribution in [0.4, 0.5) is 0 Å². The number of rotatable bonds is 6. The minimum absolute atomic E-state index is 0.00811. The van der Waals surface area contributed by atoms with Crippen molar-refractivity contribution in [3.05, 3.63) is 97.8 Å². The van der Waals surface area contributed by atoms with Crippen molar-refractivity contribution in [2.45, 2.75) is 4.90 Å². The molecule has 0 saturated heterocycles. The minimum atomic E-state index is -0.00811. The third kappa shape index (κ3) is 5.58. The normalized spacial score (nSPS) is 11.3. The van der Waals surface area contributed by atoms with Gasteiger partial charge in [0.25, 0.3) is 0 Å². The Labute approximate surface area is 179 Å². The molecule has 0 unspecified atom stereocenters. The van der Waals surface area contributed by atoms with Crippen molar-refractivity contribution < 1.29 is 9.53 Å². The summed E-state index contributed by atoms with van der Waals surface area (Å²) in [6, 6.07) is 23.0. The highest BCUT2D eigenvalue weighted by Crippen LogP contribution is 2.32. The predicted octanol–water partition coefficient (Wildman–Crippen LogP) is 7.24. The molecular formula is C22H16Br2O2S. The van der Waals surface area contributed by atoms with Gasteiger partial charge >= 0.3 is 0 Å². The Kier molecular flexibility index (Phi) is 6.94. The van der Waals surface area contributed by atoms with Crippen LogP contribution in [0.25, 0.3) is 6.08 Å². The molecule has 0 spiro atoms. The van der Waals surface area contributed by atoms with Crippen molar-refractivity contribution in [2.75, 3.05) is 7.11 Å². The Morgan fingerprint density at radius 2 is 1.41 bits per heavy atom. The SMILES string of the molecule is COc1ccc(/C=C(/Sc2ccc(Br)cc2)C(=O)c2ccc(Br)cc2)cc1. The Morgan fingerprint density at radius 3 is 1.96 bits per heavy atom. The lowest BCUT2D eigenvalue weighted by Gasteiger charge is -2.08. The zero-order valence-corrected chi connectivity index (χ0v) is 18.5. The third-order valence-corrected chi connectivity index (χ3v) is 5.87. The molecule has 0 fully saturated rings. The maximum Gasteiger partial charge on any atom is 0.199 e. The fourth-order valence-electron chi connectivity index (χ4n) is 2.37. The van der Waals surface area contributed by atoms with Crippen molar-refractivity contribution in [1.29, 1.82) is 0 Å². The smallest absolute Gasteiger partial charge is 0.199 e. The van der Waals surface area contributed by atoms with Crippen molar-refractivity contribution in [3.63, 3.8) is 0 Å². The first-order chi connectivity index (χ1) is 13.0. The summed E-state index contributed by atoms with van der Waals surface area (Å²) in [6.45, 7) is 0. The van der Waals surface area contributed by atoms with Gasteiger partial charge in [0.05, 0.1) is 12.0 Å². The van der Waals surface area contributed by atoms with Crippen LogP contribution >= 0.6 is 43.6 Å². The highest BCUT2D eigenvalue weighted by molar-refractivity contribution is 9.10. The van der Waals surface area contributed by atoms with Crippen LogP contribution in [0.2, 0.25) is 0 Å². The number of benzene rings is 3. The van der Waals surface area contributed by atoms with E-state index in [1.165, 1.54) is 11.8 Å². The summed E-state index contributed by atoms with van der Waals surface area (Å²) in [5, 5.41) is 0. The summed E-state index contributed by atoms with van der Waals surface area (Å²) in [5.41, 5.74) is 1.60. The highest BCUT2D eigenvalue weighted by atomic mass is 79.9. The molecule has 0 aliphatic rings. The molecule has 2 nitrogen and oxygen atoms in total. The van der Waals surface area contributed by atoms with E-state index in [9.17, 15) is 4.79 Å². The second-order valence-corrected chi connectivity index (χ2v) is 8.62. The Morgan fingerprint density at radius 1 is 0.852 bits per heavy atom. The number of Topliss-reactive ketones (excluding diaryl/α,β-unsaturated/α-hetero) is 1. The first-order valence-electron chi connectivity index (χ1n) is 8.14. The van der Waals surface area contributed by atoms with Gasteiger partial charge in [-0.15, -0.1) is 0 Å². The predicted molar refractivity (Wildman–Crippen MR) is 119 cm³/mol. The van der Waals surface area contributed by atoms with Crippen LogP contribution in [0.15, 0.2) is 91.5 Å². The van der Waals surface area contributed by atoms with Gasteiger partial charge in [-0.25, -0.2) is 0 Å². The van der Waals surface area contributed by atoms with Crippen LogP contribution in [0, 0.1) is 0 Å². The fourth-order valence-corrected chi connectivity index (χ4v) is 3.83. The van der Waals surface area contributed by atoms with Crippen molar-refractivity contribution in [1.82, 2.24) is 0 Å². The summed E-state index contributed by atoms with van der Waals surface area (Å²) in [7, 11) is 1.64. The summed E-state index contributed by atoms with van der Waals surface area (Å²) in [5.74, 6) is 0.778. The largest absolute Gasteiger partial charge is 0.497 e. The molecule has 0 amide bonds. The average molecular weight is 504 g/mol. The van der Waals surface area contributed by atoms with Crippen LogP contribution in [-0.4, -0.2) is 12.9 Å². The number of hydrogen-bond donors (Lipinski definition) is 0. The summed E-state index contributed by atoms with van der Waals surface area (Å²) < 4.78 is 7.16. The first-order valence-corrected chi connectivity index (χ1v) is 10.5. The van der Waals surface area contributed by atoms with Gasteiger partial charge in [0, 0.05) is 19.4 Å². The molecule has 0 atom stereocenters. The van der Waals surface area contributed by atoms with E-state index in [4.69, 9.17) is 4.74 Å². The van der Waals surface area contributed by atoms with E-state index in [1.54, 1.807) is 7.11 Å². The monoisotopic (exact) mass is 502 g/mol. The van der Waals surface area contributed by atoms with Crippen molar-refractivity contribution in [2.24, 2.45) is 0 Å². The van der Waals surface area contributed by atoms with E-state index in [2.05, 4.69) is 31.9 Å². The van der Waals surface area contributed by atoms with Crippen LogP contribution in [-0.2, 0) is 0 Å². The van der Waals surface area contributed by atoms with Gasteiger partial charge in [0.1, 0.15) is 5.75 Å². The van der Waals surface area contributed by atoms with Gasteiger partial charge in [-0.05, 0) is 72.3 Å². The van der Waals surface area contributed by atoms with E-state index in [1.807, 2.05) is 78.9 Å². The fraction of sp³-hybridized carbons (Fsp3) is 0.0455. The molecule has 0 N–H and O–H groups in total. The molecule has 3 rings (SSSR count). The van der Waals surface area contributed by atoms with E-state index < -0.39 is 0 Å². The molecule has 0 bridgehead atoms. The minimum Gasteiger partial charge on any atom is -0.497 e. The third-order valence-electron chi connectivity index (χ3n) is 3.79. The molecule has 0 aliphatic carbocycles. The molecule has 0 radical (unpaired) electrons. The van der Waals surface area contributed by atoms with Gasteiger partial charge in [0.15, 0.2) is 5.78 Å². The van der Waals surface area contributed by atoms with Crippen molar-refractivity contribution in [3.8, 4) is 5.75 Å². The van der Waals surface area contributed by atoms with Crippen LogP contribution in [0.1, 0.15) is 15.9 Å². The molecule has 3 aromatic carbocycles. The van der Waals surface area contributed by atoms with E-state index >= 15 is 0 Å². The number of carbonyl (C=O) groups is 1. The molecule has 5 heteroatoms. The second kappa shape index (κ2) is 9.40. The lowest BCUT2D eigenvalue weighted by atomic mass is 10.1. The highest BCUT2D eigenvalue weighted by Gasteiger charge is 2.14. The van der Waals surface area contributed by atoms with Gasteiger partial charge in [0.2, 0.25) is 0 Å². The molecule has 27 heavy (non-hydrogen) atoms. The number of methoxy groups -OCH3 is 1. The molecule has 0 saturated carbocycles. The van der Waals surface area contributed by atoms with E-state index in [0.29, 0.717) is 10.5 Å². The maximum absolute atomic E-state index is 13.1. The second-order valence-electron chi connectivity index (χ2n) is 5.67. The van der Waals surface area contributed by atoms with Crippen molar-refractivity contribution >= 4 is 55.5 Å². The molecular weight excluding hydrogens is 488 g/mol. The molecule has 0 aliphatic heterocycles. The zero-order valence-electron chi connectivity index (χ0n) is 14.5. The van der Waals surface area contributed by atoms with E-state index in [-0.39, 0.29) is 5.78 Å². The number of halogens is 2. The van der Waals surface area contributed by atoms with Crippen LogP contribution < -0.4 is 4.74 Å². The summed E-state index contributed by atoms with van der Waals surface area (Å²) >= 11 is 8.31. The van der Waals surface area contributed by atoms with Gasteiger partial charge in [-0.3, -0.25) is 4.79 Å². The summed E-state index contributed by atoms with van der Waals surface area (Å²) in [4.78, 5) is 14.8. The number of carbonyl (C=O) groups excluding carboxylic acids is 1. The quantitative estimate of drug-likeness (QED) is 0.201. The Bertz CT molecular complexity index is 947. The average Bonchev–Trinajstić information content (AvgIpc) is 2.70. The lowest BCUT2D eigenvalue weighted by molar-refractivity contribution is 0.104. The van der Waals surface area contributed by atoms with Crippen LogP contribution in [0.5, 0.6) is 5.75 Å². The number of ether oxygens (including phenoxy) is 1. The van der Waals surface area contributed by atoms with Gasteiger partial charge in [-0.1, -0.05) is 55.8 Å². The summed E-state index contributed by atoms with van der Waals surface area (Å²) in [6.07, 6.45) is 1.91. The standard InChI is InChI=1S/C22H16Br2O2S/c1-26-19-10-2-15(3-11-19)14-21(27-20-12-8-18(24)9-13-20)22(25)16-4-6-17(23)7-5-16/h2-14H,1H3/b21-14+. The van der Waals surface area contributed by atoms with Gasteiger partial charge in [-0.2, -0.15) is 0 Å².